The molecule has 3 aromatic rings. The van der Waals surface area contributed by atoms with Gasteiger partial charge in [0.15, 0.2) is 0 Å². The van der Waals surface area contributed by atoms with Gasteiger partial charge in [0.05, 0.1) is 0 Å². The van der Waals surface area contributed by atoms with Crippen LogP contribution in [0.4, 0.5) is 5.69 Å². The SMILES string of the molecule is Cc1cccc(N2CCN(C(=O)Cn3cnc4oc(C)c(C)c4c3=O)C[C@@H]2C)c1. The molecule has 0 unspecified atom stereocenters. The third kappa shape index (κ3) is 3.52. The van der Waals surface area contributed by atoms with Crippen molar-refractivity contribution in [2.24, 2.45) is 0 Å². The van der Waals surface area contributed by atoms with Crippen LogP contribution in [-0.2, 0) is 11.3 Å². The third-order valence-electron chi connectivity index (χ3n) is 5.77. The van der Waals surface area contributed by atoms with E-state index in [0.717, 1.165) is 12.1 Å². The molecule has 1 aliphatic heterocycles. The number of fused-ring (bicyclic) bond motifs is 1. The molecule has 29 heavy (non-hydrogen) atoms. The number of piperazine rings is 1. The summed E-state index contributed by atoms with van der Waals surface area (Å²) in [5.74, 6) is 0.608. The zero-order valence-corrected chi connectivity index (χ0v) is 17.3. The Morgan fingerprint density at radius 2 is 2.03 bits per heavy atom. The summed E-state index contributed by atoms with van der Waals surface area (Å²) in [4.78, 5) is 34.1. The Labute approximate surface area is 169 Å². The van der Waals surface area contributed by atoms with Gasteiger partial charge in [-0.05, 0) is 45.4 Å². The Morgan fingerprint density at radius 1 is 1.24 bits per heavy atom. The van der Waals surface area contributed by atoms with Crippen LogP contribution in [0.2, 0.25) is 0 Å². The Kier molecular flexibility index (Phi) is 4.90. The van der Waals surface area contributed by atoms with Crippen molar-refractivity contribution in [3.8, 4) is 0 Å². The summed E-state index contributed by atoms with van der Waals surface area (Å²) < 4.78 is 6.89. The van der Waals surface area contributed by atoms with Crippen LogP contribution in [-0.4, -0.2) is 46.0 Å². The Balaban J connectivity index is 1.49. The molecule has 1 aliphatic rings. The van der Waals surface area contributed by atoms with Crippen LogP contribution < -0.4 is 10.5 Å². The Hall–Kier alpha value is -3.09. The van der Waals surface area contributed by atoms with Gasteiger partial charge in [-0.1, -0.05) is 12.1 Å². The molecule has 1 atom stereocenters. The normalized spacial score (nSPS) is 17.2. The van der Waals surface area contributed by atoms with Gasteiger partial charge in [0.1, 0.15) is 24.0 Å². The summed E-state index contributed by atoms with van der Waals surface area (Å²) in [7, 11) is 0. The quantitative estimate of drug-likeness (QED) is 0.683. The van der Waals surface area contributed by atoms with Gasteiger partial charge in [0, 0.05) is 36.9 Å². The van der Waals surface area contributed by atoms with Crippen molar-refractivity contribution < 1.29 is 9.21 Å². The topological polar surface area (TPSA) is 71.6 Å². The number of carbonyl (C=O) groups excluding carboxylic acids is 1. The molecule has 0 saturated carbocycles. The maximum absolute atomic E-state index is 12.9. The van der Waals surface area contributed by atoms with Gasteiger partial charge in [0.25, 0.3) is 5.56 Å². The van der Waals surface area contributed by atoms with E-state index < -0.39 is 0 Å². The van der Waals surface area contributed by atoms with E-state index in [1.807, 2.05) is 11.8 Å². The molecule has 0 spiro atoms. The summed E-state index contributed by atoms with van der Waals surface area (Å²) in [5.41, 5.74) is 3.28. The van der Waals surface area contributed by atoms with Crippen molar-refractivity contribution in [3.63, 3.8) is 0 Å². The summed E-state index contributed by atoms with van der Waals surface area (Å²) in [6, 6.07) is 8.62. The number of amides is 1. The zero-order chi connectivity index (χ0) is 20.7. The van der Waals surface area contributed by atoms with E-state index >= 15 is 0 Å². The summed E-state index contributed by atoms with van der Waals surface area (Å²) in [6.07, 6.45) is 1.40. The first-order valence-electron chi connectivity index (χ1n) is 9.91. The number of benzene rings is 1. The van der Waals surface area contributed by atoms with Crippen molar-refractivity contribution in [1.82, 2.24) is 14.5 Å². The molecule has 7 nitrogen and oxygen atoms in total. The molecule has 1 saturated heterocycles. The number of carbonyl (C=O) groups is 1. The van der Waals surface area contributed by atoms with Crippen molar-refractivity contribution in [1.29, 1.82) is 0 Å². The smallest absolute Gasteiger partial charge is 0.265 e. The highest BCUT2D eigenvalue weighted by atomic mass is 16.3. The molecule has 3 heterocycles. The van der Waals surface area contributed by atoms with E-state index in [0.29, 0.717) is 29.9 Å². The standard InChI is InChI=1S/C22H26N4O3/c1-14-6-5-7-18(10-14)26-9-8-24(11-15(26)2)19(27)12-25-13-23-21-20(22(25)28)16(3)17(4)29-21/h5-7,10,13,15H,8-9,11-12H2,1-4H3/t15-/m0/s1. The second-order valence-corrected chi connectivity index (χ2v) is 7.86. The lowest BCUT2D eigenvalue weighted by atomic mass is 10.1. The predicted molar refractivity (Wildman–Crippen MR) is 112 cm³/mol. The number of hydrogen-bond donors (Lipinski definition) is 0. The highest BCUT2D eigenvalue weighted by molar-refractivity contribution is 5.79. The molecule has 2 aromatic heterocycles. The maximum Gasteiger partial charge on any atom is 0.265 e. The largest absolute Gasteiger partial charge is 0.443 e. The average Bonchev–Trinajstić information content (AvgIpc) is 2.98. The molecule has 1 aromatic carbocycles. The van der Waals surface area contributed by atoms with Gasteiger partial charge in [-0.15, -0.1) is 0 Å². The van der Waals surface area contributed by atoms with Gasteiger partial charge in [-0.3, -0.25) is 14.2 Å². The number of rotatable bonds is 3. The van der Waals surface area contributed by atoms with Gasteiger partial charge in [0.2, 0.25) is 11.6 Å². The van der Waals surface area contributed by atoms with Crippen LogP contribution in [0.25, 0.3) is 11.1 Å². The molecule has 4 rings (SSSR count). The first-order chi connectivity index (χ1) is 13.8. The fourth-order valence-electron chi connectivity index (χ4n) is 4.00. The molecule has 0 aliphatic carbocycles. The molecule has 152 valence electrons. The number of aryl methyl sites for hydroxylation is 3. The minimum absolute atomic E-state index is 0.0113. The molecule has 7 heteroatoms. The van der Waals surface area contributed by atoms with Crippen LogP contribution in [0.1, 0.15) is 23.8 Å². The molecule has 0 radical (unpaired) electrons. The van der Waals surface area contributed by atoms with Crippen LogP contribution in [0.15, 0.2) is 39.8 Å². The van der Waals surface area contributed by atoms with Crippen LogP contribution in [0, 0.1) is 20.8 Å². The van der Waals surface area contributed by atoms with Gasteiger partial charge >= 0.3 is 0 Å². The van der Waals surface area contributed by atoms with E-state index in [1.165, 1.54) is 22.1 Å². The lowest BCUT2D eigenvalue weighted by Crippen LogP contribution is -2.54. The monoisotopic (exact) mass is 394 g/mol. The van der Waals surface area contributed by atoms with E-state index in [1.54, 1.807) is 6.92 Å². The van der Waals surface area contributed by atoms with Gasteiger partial charge in [-0.25, -0.2) is 4.98 Å². The van der Waals surface area contributed by atoms with Crippen molar-refractivity contribution in [2.75, 3.05) is 24.5 Å². The molecular weight excluding hydrogens is 368 g/mol. The van der Waals surface area contributed by atoms with Crippen molar-refractivity contribution >= 4 is 22.7 Å². The lowest BCUT2D eigenvalue weighted by Gasteiger charge is -2.41. The van der Waals surface area contributed by atoms with Gasteiger partial charge in [-0.2, -0.15) is 0 Å². The molecule has 0 N–H and O–H groups in total. The van der Waals surface area contributed by atoms with E-state index in [2.05, 4.69) is 48.0 Å². The van der Waals surface area contributed by atoms with E-state index in [-0.39, 0.29) is 24.1 Å². The number of nitrogens with zero attached hydrogens (tertiary/aromatic N) is 4. The number of aromatic nitrogens is 2. The van der Waals surface area contributed by atoms with E-state index in [4.69, 9.17) is 4.42 Å². The second kappa shape index (κ2) is 7.39. The molecular formula is C22H26N4O3. The Bertz CT molecular complexity index is 1130. The summed E-state index contributed by atoms with van der Waals surface area (Å²) in [5, 5.41) is 0.454. The fraction of sp³-hybridized carbons (Fsp3) is 0.409. The third-order valence-corrected chi connectivity index (χ3v) is 5.77. The number of anilines is 1. The number of furan rings is 1. The average molecular weight is 394 g/mol. The van der Waals surface area contributed by atoms with Crippen LogP contribution in [0.5, 0.6) is 0 Å². The molecule has 1 amide bonds. The second-order valence-electron chi connectivity index (χ2n) is 7.86. The van der Waals surface area contributed by atoms with Crippen molar-refractivity contribution in [2.45, 2.75) is 40.3 Å². The summed E-state index contributed by atoms with van der Waals surface area (Å²) in [6.45, 7) is 9.86. The molecule has 0 bridgehead atoms. The first kappa shape index (κ1) is 19.2. The predicted octanol–water partition coefficient (Wildman–Crippen LogP) is 2.65. The van der Waals surface area contributed by atoms with E-state index in [9.17, 15) is 9.59 Å². The minimum Gasteiger partial charge on any atom is -0.443 e. The van der Waals surface area contributed by atoms with Crippen LogP contribution >= 0.6 is 0 Å². The van der Waals surface area contributed by atoms with Gasteiger partial charge < -0.3 is 14.2 Å². The zero-order valence-electron chi connectivity index (χ0n) is 17.3. The van der Waals surface area contributed by atoms with Crippen LogP contribution in [0.3, 0.4) is 0 Å². The number of hydrogen-bond acceptors (Lipinski definition) is 5. The minimum atomic E-state index is -0.232. The molecule has 1 fully saturated rings. The maximum atomic E-state index is 12.9. The highest BCUT2D eigenvalue weighted by Gasteiger charge is 2.27. The highest BCUT2D eigenvalue weighted by Crippen LogP contribution is 2.22. The van der Waals surface area contributed by atoms with Crippen molar-refractivity contribution in [3.05, 3.63) is 57.8 Å². The fourth-order valence-corrected chi connectivity index (χ4v) is 4.00. The summed E-state index contributed by atoms with van der Waals surface area (Å²) >= 11 is 0. The lowest BCUT2D eigenvalue weighted by molar-refractivity contribution is -0.132. The Morgan fingerprint density at radius 3 is 2.76 bits per heavy atom. The first-order valence-corrected chi connectivity index (χ1v) is 9.91.